The maximum absolute atomic E-state index is 13.0. The van der Waals surface area contributed by atoms with Crippen LogP contribution in [0.2, 0.25) is 0 Å². The number of nitrogens with zero attached hydrogens (tertiary/aromatic N) is 2. The number of allylic oxidation sites excluding steroid dienone is 1. The summed E-state index contributed by atoms with van der Waals surface area (Å²) >= 11 is 2.15. The summed E-state index contributed by atoms with van der Waals surface area (Å²) in [4.78, 5) is 35.8. The van der Waals surface area contributed by atoms with E-state index in [1.165, 1.54) is 36.4 Å². The van der Waals surface area contributed by atoms with Crippen LogP contribution in [0.1, 0.15) is 61.6 Å². The van der Waals surface area contributed by atoms with E-state index < -0.39 is 5.97 Å². The molecule has 9 rings (SSSR count). The number of aryl methyl sites for hydroxylation is 2. The van der Waals surface area contributed by atoms with Crippen LogP contribution in [0.4, 0.5) is 13.2 Å². The van der Waals surface area contributed by atoms with E-state index in [9.17, 15) is 27.6 Å². The van der Waals surface area contributed by atoms with Gasteiger partial charge in [0.05, 0.1) is 5.56 Å². The maximum atomic E-state index is 13.0. The molecule has 0 aliphatic heterocycles. The molecule has 0 saturated heterocycles. The van der Waals surface area contributed by atoms with Gasteiger partial charge in [0, 0.05) is 70.5 Å². The van der Waals surface area contributed by atoms with Gasteiger partial charge < -0.3 is 25.2 Å². The molecule has 4 N–H and O–H groups in total. The van der Waals surface area contributed by atoms with Crippen LogP contribution in [0.15, 0.2) is 146 Å². The van der Waals surface area contributed by atoms with Crippen LogP contribution in [0.5, 0.6) is 0 Å². The molecule has 13 heteroatoms. The van der Waals surface area contributed by atoms with E-state index in [-0.39, 0.29) is 64.4 Å². The number of benzene rings is 6. The Morgan fingerprint density at radius 2 is 0.922 bits per heavy atom. The Morgan fingerprint density at radius 3 is 1.34 bits per heavy atom. The van der Waals surface area contributed by atoms with Crippen LogP contribution in [0.3, 0.4) is 0 Å². The molecule has 324 valence electrons. The number of hydrogen-bond donors (Lipinski definition) is 1. The predicted octanol–water partition coefficient (Wildman–Crippen LogP) is 8.94. The Kier molecular flexibility index (Phi) is 18.9. The monoisotopic (exact) mass is 972 g/mol. The van der Waals surface area contributed by atoms with Crippen LogP contribution < -0.4 is 18.9 Å². The normalized spacial score (nSPS) is 10.8. The third-order valence-electron chi connectivity index (χ3n) is 10.4. The van der Waals surface area contributed by atoms with Crippen LogP contribution >= 0.6 is 22.6 Å². The molecule has 0 saturated carbocycles. The predicted molar refractivity (Wildman–Crippen MR) is 253 cm³/mol. The molecule has 0 amide bonds. The molecule has 0 spiro atoms. The number of halogens is 4. The number of carboxylic acid groups (broad SMARTS) is 1. The second-order valence-electron chi connectivity index (χ2n) is 14.4. The number of carboxylic acids is 1. The van der Waals surface area contributed by atoms with Crippen molar-refractivity contribution in [3.8, 4) is 22.3 Å². The van der Waals surface area contributed by atoms with Crippen LogP contribution in [0, 0.1) is 17.5 Å². The molecule has 6 aromatic carbocycles. The second-order valence-corrected chi connectivity index (χ2v) is 14.4. The summed E-state index contributed by atoms with van der Waals surface area (Å²) < 4.78 is 42.8. The van der Waals surface area contributed by atoms with Crippen molar-refractivity contribution in [2.24, 2.45) is 14.1 Å². The molecule has 2 aromatic heterocycles. The molecule has 64 heavy (non-hydrogen) atoms. The van der Waals surface area contributed by atoms with Crippen LogP contribution in [-0.4, -0.2) is 47.7 Å². The van der Waals surface area contributed by atoms with E-state index in [0.29, 0.717) is 5.56 Å². The zero-order valence-corrected chi connectivity index (χ0v) is 38.2. The average molecular weight is 973 g/mol. The van der Waals surface area contributed by atoms with E-state index >= 15 is 0 Å². The van der Waals surface area contributed by atoms with Crippen molar-refractivity contribution >= 4 is 67.5 Å². The van der Waals surface area contributed by atoms with E-state index in [4.69, 9.17) is 5.11 Å². The van der Waals surface area contributed by atoms with E-state index in [1.807, 2.05) is 77.0 Å². The van der Waals surface area contributed by atoms with Crippen LogP contribution in [-0.2, 0) is 20.5 Å². The number of hydrogen-bond acceptors (Lipinski definition) is 4. The fourth-order valence-corrected chi connectivity index (χ4v) is 7.31. The standard InChI is InChI=1S/C17H14FNO.C17H13FO.C16H12FNO2.CH3I.Li.2H2O/c1-11(20)13-5-8-15-16(10-19(2)17(15)9-13)12-3-6-14(18)7-4-12;1-11(19)13-4-8-17-14(10-13)5-9-16(17)12-2-6-15(18)7-3-12;1-18-9-14(10-2-5-12(17)6-3-10)13-7-4-11(16(19)20)8-15(13)18;1-2;;;/h3-10H,1-2H3;2-4,6-10H,5H2,1H3;2-9H,1H3,(H,19,20);1H3;;2*1H2/q;;;;+1;;/p-1. The topological polar surface area (TPSA) is 143 Å². The van der Waals surface area contributed by atoms with Gasteiger partial charge in [0.2, 0.25) is 0 Å². The van der Waals surface area contributed by atoms with Crippen molar-refractivity contribution in [1.29, 1.82) is 0 Å². The van der Waals surface area contributed by atoms with Crippen molar-refractivity contribution < 1.29 is 62.5 Å². The number of Topliss-reactive ketones (excluding diaryl/α,β-unsaturated/α-hetero) is 2. The number of aromatic carboxylic acids is 1. The first-order valence-corrected chi connectivity index (χ1v) is 21.4. The number of rotatable bonds is 6. The molecule has 0 unspecified atom stereocenters. The van der Waals surface area contributed by atoms with E-state index in [2.05, 4.69) is 28.7 Å². The summed E-state index contributed by atoms with van der Waals surface area (Å²) in [5.41, 5.74) is 11.8. The first-order chi connectivity index (χ1) is 29.3. The first kappa shape index (κ1) is 52.3. The summed E-state index contributed by atoms with van der Waals surface area (Å²) in [6.07, 6.45) is 6.87. The maximum Gasteiger partial charge on any atom is 1.00 e. The first-order valence-electron chi connectivity index (χ1n) is 19.2. The van der Waals surface area contributed by atoms with Crippen molar-refractivity contribution in [2.45, 2.75) is 20.3 Å². The molecule has 8 aromatic rings. The summed E-state index contributed by atoms with van der Waals surface area (Å²) in [6.45, 7) is 3.13. The quantitative estimate of drug-likeness (QED) is 0.0767. The van der Waals surface area contributed by atoms with Crippen molar-refractivity contribution in [3.63, 3.8) is 0 Å². The Morgan fingerprint density at radius 1 is 0.547 bits per heavy atom. The minimum Gasteiger partial charge on any atom is -0.870 e. The number of ketones is 2. The molecule has 0 atom stereocenters. The number of carbonyl (C=O) groups excluding carboxylic acids is 2. The van der Waals surface area contributed by atoms with Crippen LogP contribution in [0.25, 0.3) is 49.6 Å². The fourth-order valence-electron chi connectivity index (χ4n) is 7.31. The number of carbonyl (C=O) groups is 3. The summed E-state index contributed by atoms with van der Waals surface area (Å²) in [5, 5.41) is 11.0. The molecule has 1 aliphatic carbocycles. The number of aromatic nitrogens is 2. The Bertz CT molecular complexity index is 2800. The average Bonchev–Trinajstić information content (AvgIpc) is 3.95. The van der Waals surface area contributed by atoms with Gasteiger partial charge in [-0.05, 0) is 119 Å². The zero-order chi connectivity index (χ0) is 44.0. The molecule has 0 fully saturated rings. The van der Waals surface area contributed by atoms with E-state index in [1.54, 1.807) is 68.4 Å². The van der Waals surface area contributed by atoms with Gasteiger partial charge in [-0.15, -0.1) is 0 Å². The van der Waals surface area contributed by atoms with Gasteiger partial charge in [-0.3, -0.25) is 9.59 Å². The minimum atomic E-state index is -0.948. The van der Waals surface area contributed by atoms with Gasteiger partial charge in [-0.2, -0.15) is 0 Å². The Labute approximate surface area is 395 Å². The van der Waals surface area contributed by atoms with Gasteiger partial charge >= 0.3 is 24.8 Å². The van der Waals surface area contributed by atoms with Gasteiger partial charge in [-0.25, -0.2) is 18.0 Å². The van der Waals surface area contributed by atoms with Crippen molar-refractivity contribution in [2.75, 3.05) is 4.93 Å². The molecular formula is C51H45F3ILiN2O6. The molecule has 0 bridgehead atoms. The number of fused-ring (bicyclic) bond motifs is 3. The minimum absolute atomic E-state index is 0. The SMILES string of the molecule is CC(=O)c1ccc2c(-c3ccc(F)cc3)cn(C)c2c1.CC(=O)c1ccc2c(c1)CC=C2c1ccc(F)cc1.CI.Cn1cc(-c2ccc(F)cc2)c2ccc(C(=O)O)cc21.O.[Li+].[OH-]. The molecule has 8 nitrogen and oxygen atoms in total. The summed E-state index contributed by atoms with van der Waals surface area (Å²) in [5.74, 6) is -1.56. The van der Waals surface area contributed by atoms with Gasteiger partial charge in [0.15, 0.2) is 11.6 Å². The van der Waals surface area contributed by atoms with E-state index in [0.717, 1.165) is 78.3 Å². The summed E-state index contributed by atoms with van der Waals surface area (Å²) in [6, 6.07) is 35.7. The molecule has 2 heterocycles. The summed E-state index contributed by atoms with van der Waals surface area (Å²) in [7, 11) is 3.81. The third kappa shape index (κ3) is 11.8. The third-order valence-corrected chi connectivity index (χ3v) is 10.4. The van der Waals surface area contributed by atoms with Crippen molar-refractivity contribution in [1.82, 2.24) is 9.13 Å². The Balaban J connectivity index is 0.000000245. The number of alkyl halides is 1. The second kappa shape index (κ2) is 23.1. The van der Waals surface area contributed by atoms with Gasteiger partial charge in [-0.1, -0.05) is 95.4 Å². The smallest absolute Gasteiger partial charge is 0.870 e. The Hall–Kier alpha value is -6.01. The molecular weight excluding hydrogens is 927 g/mol. The van der Waals surface area contributed by atoms with Gasteiger partial charge in [0.1, 0.15) is 17.5 Å². The van der Waals surface area contributed by atoms with Crippen molar-refractivity contribution in [3.05, 3.63) is 197 Å². The molecule has 0 radical (unpaired) electrons. The fraction of sp³-hybridized carbons (Fsp3) is 0.118. The largest absolute Gasteiger partial charge is 1.00 e. The molecule has 1 aliphatic rings. The zero-order valence-electron chi connectivity index (χ0n) is 36.1. The van der Waals surface area contributed by atoms with Gasteiger partial charge in [0.25, 0.3) is 0 Å².